The molecule has 0 bridgehead atoms. The van der Waals surface area contributed by atoms with Crippen LogP contribution in [0.1, 0.15) is 17.3 Å². The average molecular weight is 198 g/mol. The standard InChI is InChI=1S/C9H10OS2/c1-2-12-9(10)7-5-3-4-6-8(7)11/h3-6,11H,2H2,1H3. The SMILES string of the molecule is CCSC(=O)c1ccccc1S. The van der Waals surface area contributed by atoms with E-state index in [0.29, 0.717) is 5.56 Å². The molecule has 3 heteroatoms. The third kappa shape index (κ3) is 2.29. The summed E-state index contributed by atoms with van der Waals surface area (Å²) >= 11 is 5.51. The minimum atomic E-state index is 0.100. The van der Waals surface area contributed by atoms with Crippen LogP contribution in [0.2, 0.25) is 0 Å². The van der Waals surface area contributed by atoms with Gasteiger partial charge >= 0.3 is 0 Å². The van der Waals surface area contributed by atoms with Crippen molar-refractivity contribution in [3.63, 3.8) is 0 Å². The summed E-state index contributed by atoms with van der Waals surface area (Å²) in [5.41, 5.74) is 0.702. The van der Waals surface area contributed by atoms with Crippen molar-refractivity contribution in [3.05, 3.63) is 29.8 Å². The second-order valence-electron chi connectivity index (χ2n) is 2.24. The topological polar surface area (TPSA) is 17.1 Å². The van der Waals surface area contributed by atoms with Crippen molar-refractivity contribution in [2.75, 3.05) is 5.75 Å². The zero-order valence-corrected chi connectivity index (χ0v) is 8.49. The van der Waals surface area contributed by atoms with E-state index in [1.807, 2.05) is 25.1 Å². The number of carbonyl (C=O) groups is 1. The van der Waals surface area contributed by atoms with Gasteiger partial charge in [0.2, 0.25) is 5.12 Å². The molecule has 0 aliphatic heterocycles. The van der Waals surface area contributed by atoms with Gasteiger partial charge in [-0.05, 0) is 17.9 Å². The highest BCUT2D eigenvalue weighted by Crippen LogP contribution is 2.18. The average Bonchev–Trinajstić information content (AvgIpc) is 2.05. The van der Waals surface area contributed by atoms with Crippen LogP contribution in [0.25, 0.3) is 0 Å². The first-order valence-corrected chi connectivity index (χ1v) is 5.14. The minimum Gasteiger partial charge on any atom is -0.282 e. The van der Waals surface area contributed by atoms with Crippen molar-refractivity contribution in [2.24, 2.45) is 0 Å². The van der Waals surface area contributed by atoms with Crippen molar-refractivity contribution in [2.45, 2.75) is 11.8 Å². The maximum atomic E-state index is 11.4. The van der Waals surface area contributed by atoms with Crippen LogP contribution in [0.15, 0.2) is 29.2 Å². The maximum absolute atomic E-state index is 11.4. The molecule has 0 spiro atoms. The molecule has 0 atom stereocenters. The van der Waals surface area contributed by atoms with Crippen LogP contribution >= 0.6 is 24.4 Å². The van der Waals surface area contributed by atoms with Crippen molar-refractivity contribution in [1.29, 1.82) is 0 Å². The summed E-state index contributed by atoms with van der Waals surface area (Å²) in [7, 11) is 0. The molecule has 0 saturated carbocycles. The Hall–Kier alpha value is -0.410. The van der Waals surface area contributed by atoms with Gasteiger partial charge in [-0.3, -0.25) is 4.79 Å². The van der Waals surface area contributed by atoms with E-state index in [1.165, 1.54) is 11.8 Å². The zero-order valence-electron chi connectivity index (χ0n) is 6.78. The molecular weight excluding hydrogens is 188 g/mol. The number of hydrogen-bond acceptors (Lipinski definition) is 3. The van der Waals surface area contributed by atoms with E-state index in [4.69, 9.17) is 0 Å². The Kier molecular flexibility index (Phi) is 3.69. The van der Waals surface area contributed by atoms with Gasteiger partial charge in [0, 0.05) is 10.5 Å². The van der Waals surface area contributed by atoms with Crippen LogP contribution in [0.3, 0.4) is 0 Å². The molecule has 64 valence electrons. The van der Waals surface area contributed by atoms with Crippen LogP contribution < -0.4 is 0 Å². The Morgan fingerprint density at radius 1 is 1.50 bits per heavy atom. The van der Waals surface area contributed by atoms with E-state index in [-0.39, 0.29) is 5.12 Å². The monoisotopic (exact) mass is 198 g/mol. The van der Waals surface area contributed by atoms with E-state index in [9.17, 15) is 4.79 Å². The number of thioether (sulfide) groups is 1. The Labute approximate surface area is 82.0 Å². The molecule has 1 nitrogen and oxygen atoms in total. The highest BCUT2D eigenvalue weighted by atomic mass is 32.2. The van der Waals surface area contributed by atoms with Gasteiger partial charge in [0.1, 0.15) is 0 Å². The van der Waals surface area contributed by atoms with Crippen LogP contribution in [0.4, 0.5) is 0 Å². The van der Waals surface area contributed by atoms with E-state index < -0.39 is 0 Å². The Balaban J connectivity index is 2.87. The minimum absolute atomic E-state index is 0.100. The molecule has 0 aromatic heterocycles. The van der Waals surface area contributed by atoms with Gasteiger partial charge in [-0.15, -0.1) is 12.6 Å². The van der Waals surface area contributed by atoms with Crippen molar-refractivity contribution < 1.29 is 4.79 Å². The summed E-state index contributed by atoms with van der Waals surface area (Å²) in [5, 5.41) is 0.100. The molecule has 0 aliphatic carbocycles. The summed E-state index contributed by atoms with van der Waals surface area (Å²) in [4.78, 5) is 12.1. The molecule has 0 radical (unpaired) electrons. The van der Waals surface area contributed by atoms with Gasteiger partial charge in [0.15, 0.2) is 0 Å². The number of thiol groups is 1. The van der Waals surface area contributed by atoms with E-state index in [2.05, 4.69) is 12.6 Å². The van der Waals surface area contributed by atoms with Crippen LogP contribution in [-0.2, 0) is 0 Å². The number of hydrogen-bond donors (Lipinski definition) is 1. The van der Waals surface area contributed by atoms with Crippen LogP contribution in [0.5, 0.6) is 0 Å². The first-order valence-electron chi connectivity index (χ1n) is 3.70. The van der Waals surface area contributed by atoms with E-state index >= 15 is 0 Å². The molecule has 0 aliphatic rings. The molecule has 0 heterocycles. The summed E-state index contributed by atoms with van der Waals surface area (Å²) < 4.78 is 0. The summed E-state index contributed by atoms with van der Waals surface area (Å²) in [6, 6.07) is 7.35. The predicted octanol–water partition coefficient (Wildman–Crippen LogP) is 2.87. The summed E-state index contributed by atoms with van der Waals surface area (Å²) in [6.45, 7) is 1.96. The Morgan fingerprint density at radius 2 is 2.17 bits per heavy atom. The lowest BCUT2D eigenvalue weighted by Crippen LogP contribution is -1.94. The van der Waals surface area contributed by atoms with E-state index in [1.54, 1.807) is 6.07 Å². The van der Waals surface area contributed by atoms with Gasteiger partial charge < -0.3 is 0 Å². The molecule has 1 aromatic rings. The smallest absolute Gasteiger partial charge is 0.220 e. The first-order chi connectivity index (χ1) is 5.75. The van der Waals surface area contributed by atoms with Crippen LogP contribution in [0, 0.1) is 0 Å². The van der Waals surface area contributed by atoms with Crippen LogP contribution in [-0.4, -0.2) is 10.9 Å². The Morgan fingerprint density at radius 3 is 2.75 bits per heavy atom. The highest BCUT2D eigenvalue weighted by molar-refractivity contribution is 8.14. The van der Waals surface area contributed by atoms with Gasteiger partial charge in [0.05, 0.1) is 0 Å². The second kappa shape index (κ2) is 4.58. The van der Waals surface area contributed by atoms with E-state index in [0.717, 1.165) is 10.6 Å². The normalized spacial score (nSPS) is 9.83. The lowest BCUT2D eigenvalue weighted by atomic mass is 10.2. The van der Waals surface area contributed by atoms with Gasteiger partial charge in [-0.1, -0.05) is 30.8 Å². The second-order valence-corrected chi connectivity index (χ2v) is 3.96. The Bertz CT molecular complexity index is 284. The lowest BCUT2D eigenvalue weighted by Gasteiger charge is -2.00. The summed E-state index contributed by atoms with van der Waals surface area (Å²) in [5.74, 6) is 0.806. The largest absolute Gasteiger partial charge is 0.282 e. The molecule has 0 N–H and O–H groups in total. The van der Waals surface area contributed by atoms with Gasteiger partial charge in [-0.25, -0.2) is 0 Å². The molecule has 12 heavy (non-hydrogen) atoms. The third-order valence-electron chi connectivity index (χ3n) is 1.40. The number of carbonyl (C=O) groups excluding carboxylic acids is 1. The first kappa shape index (κ1) is 9.68. The molecule has 0 amide bonds. The van der Waals surface area contributed by atoms with Crippen molar-refractivity contribution in [1.82, 2.24) is 0 Å². The number of rotatable bonds is 2. The lowest BCUT2D eigenvalue weighted by molar-refractivity contribution is 0.108. The highest BCUT2D eigenvalue weighted by Gasteiger charge is 2.07. The van der Waals surface area contributed by atoms with Gasteiger partial charge in [-0.2, -0.15) is 0 Å². The fourth-order valence-corrected chi connectivity index (χ4v) is 1.79. The van der Waals surface area contributed by atoms with Crippen molar-refractivity contribution in [3.8, 4) is 0 Å². The fraction of sp³-hybridized carbons (Fsp3) is 0.222. The molecule has 1 aromatic carbocycles. The summed E-state index contributed by atoms with van der Waals surface area (Å²) in [6.07, 6.45) is 0. The zero-order chi connectivity index (χ0) is 8.97. The molecule has 0 fully saturated rings. The molecule has 0 saturated heterocycles. The van der Waals surface area contributed by atoms with Crippen molar-refractivity contribution >= 4 is 29.5 Å². The molecular formula is C9H10OS2. The third-order valence-corrected chi connectivity index (χ3v) is 2.56. The van der Waals surface area contributed by atoms with Gasteiger partial charge in [0.25, 0.3) is 0 Å². The fourth-order valence-electron chi connectivity index (χ4n) is 0.855. The predicted molar refractivity (Wildman–Crippen MR) is 56.2 cm³/mol. The maximum Gasteiger partial charge on any atom is 0.220 e. The molecule has 0 unspecified atom stereocenters. The quantitative estimate of drug-likeness (QED) is 0.736. The molecule has 1 rings (SSSR count). The number of benzene rings is 1.